The third-order valence-corrected chi connectivity index (χ3v) is 2.69. The van der Waals surface area contributed by atoms with Gasteiger partial charge < -0.3 is 11.1 Å². The van der Waals surface area contributed by atoms with Crippen LogP contribution in [0.3, 0.4) is 0 Å². The molecule has 1 heterocycles. The molecular weight excluding hydrogens is 253 g/mol. The van der Waals surface area contributed by atoms with Crippen molar-refractivity contribution in [3.63, 3.8) is 0 Å². The Hall–Kier alpha value is -2.64. The molecule has 0 radical (unpaired) electrons. The Balaban J connectivity index is 2.26. The van der Waals surface area contributed by atoms with E-state index in [-0.39, 0.29) is 17.9 Å². The van der Waals surface area contributed by atoms with Gasteiger partial charge in [-0.3, -0.25) is 15.2 Å². The van der Waals surface area contributed by atoms with E-state index in [1.54, 1.807) is 0 Å². The van der Waals surface area contributed by atoms with Crippen LogP contribution in [0.5, 0.6) is 0 Å². The van der Waals surface area contributed by atoms with Gasteiger partial charge >= 0.3 is 0 Å². The molecule has 8 heteroatoms. The first-order valence-corrected chi connectivity index (χ1v) is 5.45. The molecule has 0 fully saturated rings. The number of hydrogen-bond acceptors (Lipinski definition) is 5. The summed E-state index contributed by atoms with van der Waals surface area (Å²) in [4.78, 5) is 10.2. The van der Waals surface area contributed by atoms with Gasteiger partial charge in [0.1, 0.15) is 17.3 Å². The van der Waals surface area contributed by atoms with Gasteiger partial charge in [-0.2, -0.15) is 5.10 Å². The molecule has 0 spiro atoms. The monoisotopic (exact) mass is 265 g/mol. The van der Waals surface area contributed by atoms with Crippen molar-refractivity contribution in [2.45, 2.75) is 13.5 Å². The second kappa shape index (κ2) is 4.92. The molecule has 0 aliphatic rings. The molecule has 0 bridgehead atoms. The molecule has 1 aromatic heterocycles. The van der Waals surface area contributed by atoms with Crippen molar-refractivity contribution >= 4 is 17.2 Å². The van der Waals surface area contributed by atoms with E-state index in [1.807, 2.05) is 0 Å². The number of aryl methyl sites for hydroxylation is 1. The lowest BCUT2D eigenvalue weighted by molar-refractivity contribution is -0.384. The van der Waals surface area contributed by atoms with Crippen LogP contribution in [0.4, 0.5) is 21.6 Å². The first-order valence-electron chi connectivity index (χ1n) is 5.45. The Morgan fingerprint density at radius 2 is 2.32 bits per heavy atom. The number of hydrogen-bond donors (Lipinski definition) is 3. The van der Waals surface area contributed by atoms with Crippen molar-refractivity contribution in [2.24, 2.45) is 0 Å². The Labute approximate surface area is 107 Å². The third kappa shape index (κ3) is 2.62. The fourth-order valence-corrected chi connectivity index (χ4v) is 1.62. The van der Waals surface area contributed by atoms with Gasteiger partial charge in [0.15, 0.2) is 0 Å². The van der Waals surface area contributed by atoms with E-state index in [0.717, 1.165) is 6.07 Å². The maximum atomic E-state index is 13.3. The zero-order valence-corrected chi connectivity index (χ0v) is 10.1. The molecule has 4 N–H and O–H groups in total. The minimum absolute atomic E-state index is 0.240. The number of halogens is 1. The molecule has 0 saturated heterocycles. The summed E-state index contributed by atoms with van der Waals surface area (Å²) in [6.07, 6.45) is 1.52. The van der Waals surface area contributed by atoms with Crippen LogP contribution in [0.2, 0.25) is 0 Å². The topological polar surface area (TPSA) is 110 Å². The average molecular weight is 265 g/mol. The first-order chi connectivity index (χ1) is 8.99. The fraction of sp³-hybridized carbons (Fsp3) is 0.182. The molecular formula is C11H12FN5O2. The Kier molecular flexibility index (Phi) is 3.32. The van der Waals surface area contributed by atoms with Crippen LogP contribution in [0.1, 0.15) is 11.1 Å². The van der Waals surface area contributed by atoms with Crippen LogP contribution >= 0.6 is 0 Å². The number of nitrogens with one attached hydrogen (secondary N) is 2. The third-order valence-electron chi connectivity index (χ3n) is 2.69. The highest BCUT2D eigenvalue weighted by molar-refractivity contribution is 5.63. The molecule has 0 aliphatic heterocycles. The number of nitrogens with two attached hydrogens (primary N) is 1. The van der Waals surface area contributed by atoms with Crippen molar-refractivity contribution < 1.29 is 9.31 Å². The standard InChI is InChI=1S/C11H12FN5O2/c1-6-2-9(10(17(18)19)3-8(6)12)14-4-7-5-15-16-11(7)13/h2-3,5,14H,4H2,1H3,(H3,13,15,16). The van der Waals surface area contributed by atoms with Crippen LogP contribution in [0.15, 0.2) is 18.3 Å². The van der Waals surface area contributed by atoms with Crippen molar-refractivity contribution in [2.75, 3.05) is 11.1 Å². The highest BCUT2D eigenvalue weighted by Crippen LogP contribution is 2.28. The molecule has 0 atom stereocenters. The number of nitrogens with zero attached hydrogens (tertiary/aromatic N) is 2. The lowest BCUT2D eigenvalue weighted by Crippen LogP contribution is -2.05. The summed E-state index contributed by atoms with van der Waals surface area (Å²) in [5.74, 6) is -0.228. The van der Waals surface area contributed by atoms with Gasteiger partial charge in [0, 0.05) is 12.1 Å². The van der Waals surface area contributed by atoms with E-state index in [4.69, 9.17) is 5.73 Å². The smallest absolute Gasteiger partial charge is 0.295 e. The molecule has 0 amide bonds. The zero-order valence-electron chi connectivity index (χ0n) is 10.1. The number of aromatic amines is 1. The van der Waals surface area contributed by atoms with Gasteiger partial charge in [-0.05, 0) is 18.6 Å². The number of anilines is 2. The molecule has 100 valence electrons. The summed E-state index contributed by atoms with van der Waals surface area (Å²) >= 11 is 0. The van der Waals surface area contributed by atoms with Gasteiger partial charge in [0.25, 0.3) is 5.69 Å². The second-order valence-corrected chi connectivity index (χ2v) is 4.04. The molecule has 2 aromatic rings. The van der Waals surface area contributed by atoms with Crippen LogP contribution < -0.4 is 11.1 Å². The largest absolute Gasteiger partial charge is 0.384 e. The Morgan fingerprint density at radius 1 is 1.58 bits per heavy atom. The number of nitro benzene ring substituents is 1. The van der Waals surface area contributed by atoms with E-state index >= 15 is 0 Å². The van der Waals surface area contributed by atoms with Crippen molar-refractivity contribution in [3.05, 3.63) is 45.4 Å². The summed E-state index contributed by atoms with van der Waals surface area (Å²) in [6, 6.07) is 2.29. The SMILES string of the molecule is Cc1cc(NCc2cn[nH]c2N)c([N+](=O)[O-])cc1F. The highest BCUT2D eigenvalue weighted by atomic mass is 19.1. The van der Waals surface area contributed by atoms with E-state index in [9.17, 15) is 14.5 Å². The number of rotatable bonds is 4. The quantitative estimate of drug-likeness (QED) is 0.578. The van der Waals surface area contributed by atoms with Crippen LogP contribution in [0, 0.1) is 22.9 Å². The maximum absolute atomic E-state index is 13.3. The Bertz CT molecular complexity index is 626. The normalized spacial score (nSPS) is 10.4. The molecule has 19 heavy (non-hydrogen) atoms. The van der Waals surface area contributed by atoms with Crippen LogP contribution in [-0.4, -0.2) is 15.1 Å². The second-order valence-electron chi connectivity index (χ2n) is 4.04. The maximum Gasteiger partial charge on any atom is 0.295 e. The first kappa shape index (κ1) is 12.8. The molecule has 0 aliphatic carbocycles. The molecule has 1 aromatic carbocycles. The minimum Gasteiger partial charge on any atom is -0.384 e. The summed E-state index contributed by atoms with van der Waals surface area (Å²) in [5.41, 5.74) is 6.53. The van der Waals surface area contributed by atoms with E-state index in [0.29, 0.717) is 16.9 Å². The van der Waals surface area contributed by atoms with Gasteiger partial charge in [0.05, 0.1) is 17.2 Å². The van der Waals surface area contributed by atoms with Crippen molar-refractivity contribution in [3.8, 4) is 0 Å². The van der Waals surface area contributed by atoms with Gasteiger partial charge in [0.2, 0.25) is 0 Å². The van der Waals surface area contributed by atoms with E-state index < -0.39 is 10.7 Å². The van der Waals surface area contributed by atoms with Gasteiger partial charge in [-0.25, -0.2) is 4.39 Å². The van der Waals surface area contributed by atoms with Gasteiger partial charge in [-0.15, -0.1) is 0 Å². The lowest BCUT2D eigenvalue weighted by atomic mass is 10.1. The number of aromatic nitrogens is 2. The molecule has 0 saturated carbocycles. The number of benzene rings is 1. The number of nitrogen functional groups attached to an aromatic ring is 1. The Morgan fingerprint density at radius 3 is 2.89 bits per heavy atom. The highest BCUT2D eigenvalue weighted by Gasteiger charge is 2.17. The summed E-state index contributed by atoms with van der Waals surface area (Å²) < 4.78 is 13.3. The van der Waals surface area contributed by atoms with Gasteiger partial charge in [-0.1, -0.05) is 0 Å². The van der Waals surface area contributed by atoms with E-state index in [2.05, 4.69) is 15.5 Å². The van der Waals surface area contributed by atoms with Crippen LogP contribution in [-0.2, 0) is 6.54 Å². The summed E-state index contributed by atoms with van der Waals surface area (Å²) in [5, 5.41) is 20.0. The van der Waals surface area contributed by atoms with Crippen molar-refractivity contribution in [1.82, 2.24) is 10.2 Å². The zero-order chi connectivity index (χ0) is 14.0. The number of nitro groups is 1. The molecule has 2 rings (SSSR count). The lowest BCUT2D eigenvalue weighted by Gasteiger charge is -2.08. The summed E-state index contributed by atoms with van der Waals surface area (Å²) in [6.45, 7) is 1.80. The molecule has 7 nitrogen and oxygen atoms in total. The predicted octanol–water partition coefficient (Wildman–Crippen LogP) is 1.96. The summed E-state index contributed by atoms with van der Waals surface area (Å²) in [7, 11) is 0. The van der Waals surface area contributed by atoms with Crippen LogP contribution in [0.25, 0.3) is 0 Å². The average Bonchev–Trinajstić information content (AvgIpc) is 2.75. The minimum atomic E-state index is -0.635. The fourth-order valence-electron chi connectivity index (χ4n) is 1.62. The molecule has 0 unspecified atom stereocenters. The van der Waals surface area contributed by atoms with E-state index in [1.165, 1.54) is 19.2 Å². The predicted molar refractivity (Wildman–Crippen MR) is 68.1 cm³/mol. The van der Waals surface area contributed by atoms with Crippen molar-refractivity contribution in [1.29, 1.82) is 0 Å². The number of H-pyrrole nitrogens is 1.